The third-order valence-corrected chi connectivity index (χ3v) is 20.9. The van der Waals surface area contributed by atoms with Crippen molar-refractivity contribution in [3.63, 3.8) is 0 Å². The Labute approximate surface area is 519 Å². The maximum Gasteiger partial charge on any atom is 0.303 e. The summed E-state index contributed by atoms with van der Waals surface area (Å²) in [6.45, 7) is 15.7. The van der Waals surface area contributed by atoms with E-state index in [-0.39, 0.29) is 35.5 Å². The van der Waals surface area contributed by atoms with Crippen molar-refractivity contribution in [2.24, 2.45) is 5.73 Å². The molecule has 5 heterocycles. The van der Waals surface area contributed by atoms with Gasteiger partial charge in [0.1, 0.15) is 55.3 Å². The summed E-state index contributed by atoms with van der Waals surface area (Å²) < 4.78 is 77.0. The number of imide groups is 2. The quantitative estimate of drug-likeness (QED) is 0.0335. The van der Waals surface area contributed by atoms with Gasteiger partial charge in [0.05, 0.1) is 42.1 Å². The van der Waals surface area contributed by atoms with E-state index >= 15 is 9.59 Å². The van der Waals surface area contributed by atoms with Crippen molar-refractivity contribution in [1.82, 2.24) is 9.80 Å². The molecule has 0 unspecified atom stereocenters. The van der Waals surface area contributed by atoms with Crippen molar-refractivity contribution in [2.75, 3.05) is 26.4 Å². The smallest absolute Gasteiger partial charge is 0.303 e. The highest BCUT2D eigenvalue weighted by Crippen LogP contribution is 2.44. The molecule has 5 amide bonds. The second-order valence-electron chi connectivity index (χ2n) is 22.8. The molecular weight excluding hydrogens is 1190 g/mol. The summed E-state index contributed by atoms with van der Waals surface area (Å²) in [6, 6.07) is 26.3. The van der Waals surface area contributed by atoms with E-state index in [1.807, 2.05) is 81.4 Å². The lowest BCUT2D eigenvalue weighted by atomic mass is 9.92. The van der Waals surface area contributed by atoms with E-state index in [4.69, 9.17) is 62.3 Å². The van der Waals surface area contributed by atoms with Gasteiger partial charge in [-0.2, -0.15) is 0 Å². The van der Waals surface area contributed by atoms with Crippen LogP contribution in [0.1, 0.15) is 89.9 Å². The molecular formula is C64H71N3O22Si. The highest BCUT2D eigenvalue weighted by molar-refractivity contribution is 6.99. The molecule has 0 saturated carbocycles. The van der Waals surface area contributed by atoms with Gasteiger partial charge in [0.15, 0.2) is 43.3 Å². The molecule has 0 aromatic heterocycles. The summed E-state index contributed by atoms with van der Waals surface area (Å²) in [7, 11) is -3.73. The number of hydrogen-bond acceptors (Lipinski definition) is 22. The van der Waals surface area contributed by atoms with Gasteiger partial charge in [0, 0.05) is 27.7 Å². The van der Waals surface area contributed by atoms with Gasteiger partial charge in [0.25, 0.3) is 31.9 Å². The van der Waals surface area contributed by atoms with Gasteiger partial charge in [-0.15, -0.1) is 13.2 Å². The van der Waals surface area contributed by atoms with E-state index in [9.17, 15) is 38.7 Å². The number of fused-ring (bicyclic) bond motifs is 2. The number of rotatable bonds is 24. The monoisotopic (exact) mass is 1260 g/mol. The first-order chi connectivity index (χ1) is 42.9. The second kappa shape index (κ2) is 27.9. The third kappa shape index (κ3) is 13.2. The first kappa shape index (κ1) is 66.3. The summed E-state index contributed by atoms with van der Waals surface area (Å²) in [5.41, 5.74) is 5.43. The number of esters is 4. The van der Waals surface area contributed by atoms with Gasteiger partial charge >= 0.3 is 23.9 Å². The van der Waals surface area contributed by atoms with Crippen LogP contribution in [-0.4, -0.2) is 195 Å². The highest BCUT2D eigenvalue weighted by atomic mass is 28.4. The van der Waals surface area contributed by atoms with Crippen LogP contribution in [0.15, 0.2) is 135 Å². The zero-order chi connectivity index (χ0) is 64.9. The Bertz CT molecular complexity index is 3270. The zero-order valence-corrected chi connectivity index (χ0v) is 51.4. The molecule has 15 atom stereocenters. The molecule has 26 heteroatoms. The number of nitrogens with zero attached hydrogens (tertiary/aromatic N) is 2. The van der Waals surface area contributed by atoms with E-state index < -0.39 is 172 Å². The Kier molecular flexibility index (Phi) is 20.6. The molecule has 0 aliphatic carbocycles. The first-order valence-corrected chi connectivity index (χ1v) is 30.9. The van der Waals surface area contributed by atoms with Crippen LogP contribution in [0.5, 0.6) is 0 Å². The predicted octanol–water partition coefficient (Wildman–Crippen LogP) is 2.82. The number of benzene rings is 4. The van der Waals surface area contributed by atoms with Crippen LogP contribution in [-0.2, 0) is 80.5 Å². The Morgan fingerprint density at radius 2 is 0.978 bits per heavy atom. The summed E-state index contributed by atoms with van der Waals surface area (Å²) in [5.74, 6) is -8.75. The number of nitrogens with two attached hydrogens (primary N) is 1. The maximum absolute atomic E-state index is 15.2. The molecule has 0 bridgehead atoms. The summed E-state index contributed by atoms with van der Waals surface area (Å²) in [5, 5.41) is 13.2. The third-order valence-electron chi connectivity index (χ3n) is 15.9. The van der Waals surface area contributed by atoms with Crippen LogP contribution >= 0.6 is 0 Å². The van der Waals surface area contributed by atoms with Crippen LogP contribution in [0.2, 0.25) is 5.04 Å². The number of aliphatic hydroxyl groups excluding tert-OH is 1. The number of aliphatic hydroxyl groups is 1. The van der Waals surface area contributed by atoms with Crippen LogP contribution < -0.4 is 16.1 Å². The molecule has 90 heavy (non-hydrogen) atoms. The number of ether oxygens (including phenoxy) is 11. The molecule has 4 aromatic carbocycles. The minimum absolute atomic E-state index is 0.0972. The summed E-state index contributed by atoms with van der Waals surface area (Å²) in [4.78, 5) is 128. The Hall–Kier alpha value is -8.15. The average Bonchev–Trinajstić information content (AvgIpc) is 1.29. The predicted molar refractivity (Wildman–Crippen MR) is 315 cm³/mol. The minimum atomic E-state index is -3.73. The van der Waals surface area contributed by atoms with Crippen LogP contribution in [0.4, 0.5) is 0 Å². The fourth-order valence-corrected chi connectivity index (χ4v) is 16.8. The van der Waals surface area contributed by atoms with Crippen molar-refractivity contribution in [1.29, 1.82) is 0 Å². The van der Waals surface area contributed by atoms with Crippen LogP contribution in [0.25, 0.3) is 0 Å². The molecule has 3 saturated heterocycles. The minimum Gasteiger partial charge on any atom is -0.463 e. The largest absolute Gasteiger partial charge is 0.463 e. The topological polar surface area (TPSA) is 317 Å². The van der Waals surface area contributed by atoms with Crippen LogP contribution in [0.3, 0.4) is 0 Å². The Morgan fingerprint density at radius 1 is 0.567 bits per heavy atom. The van der Waals surface area contributed by atoms with Crippen molar-refractivity contribution in [3.8, 4) is 0 Å². The van der Waals surface area contributed by atoms with Gasteiger partial charge in [0.2, 0.25) is 5.91 Å². The molecule has 0 spiro atoms. The Balaban J connectivity index is 1.29. The standard InChI is InChI=1S/C64H71N3O22Si/c1-10-30-78-55(56(65)73)53-48(72)54(63(88-53)79-31-11-2)89-62-47(67-59(76)42-28-20-21-29-43(42)60(67)77)52(84-37(6)71)50(45(86-62)33-81-90(64(7,8)9,38-22-14-12-15-23-38)39-24-16-13-17-25-39)87-61-46(66-57(74)40-26-18-19-27-41(40)58(66)75)51(83-36(5)70)49(82-35(4)69)44(85-61)32-80-34(3)68/h10-29,44-55,61-63,72H,1-2,30-33H2,3-9H3,(H2,65,73)/t44-,45-,46-,47-,48+,49-,50-,51-,52-,53+,54-,55+,61+,62+,63-/m1/s1. The maximum atomic E-state index is 15.2. The van der Waals surface area contributed by atoms with Gasteiger partial charge in [-0.25, -0.2) is 0 Å². The van der Waals surface area contributed by atoms with E-state index in [0.29, 0.717) is 4.90 Å². The van der Waals surface area contributed by atoms with E-state index in [1.165, 1.54) is 60.7 Å². The number of carbonyl (C=O) groups is 9. The molecule has 3 fully saturated rings. The highest BCUT2D eigenvalue weighted by Gasteiger charge is 2.64. The fourth-order valence-electron chi connectivity index (χ4n) is 12.3. The lowest BCUT2D eigenvalue weighted by Gasteiger charge is -2.52. The van der Waals surface area contributed by atoms with Gasteiger partial charge < -0.3 is 67.4 Å². The van der Waals surface area contributed by atoms with Gasteiger partial charge in [-0.05, 0) is 39.7 Å². The van der Waals surface area contributed by atoms with Gasteiger partial charge in [-0.1, -0.05) is 118 Å². The zero-order valence-electron chi connectivity index (χ0n) is 50.4. The number of hydrogen-bond donors (Lipinski definition) is 2. The van der Waals surface area contributed by atoms with Crippen molar-refractivity contribution < 1.29 is 105 Å². The second-order valence-corrected chi connectivity index (χ2v) is 27.2. The number of primary amides is 1. The van der Waals surface area contributed by atoms with E-state index in [2.05, 4.69) is 13.2 Å². The first-order valence-electron chi connectivity index (χ1n) is 29.0. The van der Waals surface area contributed by atoms with E-state index in [1.54, 1.807) is 0 Å². The molecule has 25 nitrogen and oxygen atoms in total. The Morgan fingerprint density at radius 3 is 1.39 bits per heavy atom. The number of amides is 5. The number of carbonyl (C=O) groups excluding carboxylic acids is 9. The molecule has 0 radical (unpaired) electrons. The molecule has 3 N–H and O–H groups in total. The lowest BCUT2D eigenvalue weighted by Crippen LogP contribution is -2.72. The molecule has 4 aromatic rings. The SMILES string of the molecule is C=CCO[C@@H]1O[C@H]([C@H](OCC=C)C(N)=O)[C@H](O)[C@H]1O[C@@H]1O[C@H](CO[Si](c2ccccc2)(c2ccccc2)C(C)(C)C)[C@@H](O[C@@H]2O[C@H](COC(C)=O)[C@@H](OC(C)=O)[C@H](OC(C)=O)[C@H]2N2C(=O)c3ccccc3C2=O)[C@H](OC(C)=O)[C@H]1N1C(=O)c2ccccc2C1=O. The van der Waals surface area contributed by atoms with Crippen LogP contribution in [0, 0.1) is 0 Å². The molecule has 5 aliphatic rings. The van der Waals surface area contributed by atoms with Gasteiger partial charge in [-0.3, -0.25) is 53.0 Å². The molecule has 5 aliphatic heterocycles. The van der Waals surface area contributed by atoms with Crippen molar-refractivity contribution >= 4 is 72.1 Å². The molecule has 9 rings (SSSR count). The summed E-state index contributed by atoms with van der Waals surface area (Å²) >= 11 is 0. The lowest BCUT2D eigenvalue weighted by molar-refractivity contribution is -0.350. The van der Waals surface area contributed by atoms with E-state index in [0.717, 1.165) is 43.0 Å². The summed E-state index contributed by atoms with van der Waals surface area (Å²) in [6.07, 6.45) is -21.2. The fraction of sp³-hybridized carbons (Fsp3) is 0.422. The average molecular weight is 1260 g/mol. The normalized spacial score (nSPS) is 27.7. The van der Waals surface area contributed by atoms with Crippen molar-refractivity contribution in [2.45, 2.75) is 145 Å². The molecule has 478 valence electrons. The van der Waals surface area contributed by atoms with Crippen molar-refractivity contribution in [3.05, 3.63) is 157 Å².